The van der Waals surface area contributed by atoms with Crippen molar-refractivity contribution >= 4 is 0 Å². The van der Waals surface area contributed by atoms with Crippen LogP contribution >= 0.6 is 0 Å². The lowest BCUT2D eigenvalue weighted by Crippen LogP contribution is -2.01. The van der Waals surface area contributed by atoms with Crippen LogP contribution in [0.4, 0.5) is 0 Å². The molecule has 7 heteroatoms. The van der Waals surface area contributed by atoms with Crippen LogP contribution < -0.4 is 0 Å². The highest BCUT2D eigenvalue weighted by atomic mass is 15.0. The zero-order valence-corrected chi connectivity index (χ0v) is 35.6. The van der Waals surface area contributed by atoms with Crippen molar-refractivity contribution in [2.45, 2.75) is 0 Å². The van der Waals surface area contributed by atoms with Crippen molar-refractivity contribution in [2.24, 2.45) is 0 Å². The number of hydrogen-bond donors (Lipinski definition) is 0. The Morgan fingerprint density at radius 3 is 1.11 bits per heavy atom. The van der Waals surface area contributed by atoms with Gasteiger partial charge in [0.2, 0.25) is 0 Å². The van der Waals surface area contributed by atoms with Crippen LogP contribution in [-0.4, -0.2) is 34.9 Å². The monoisotopic (exact) mass is 845 g/mol. The lowest BCUT2D eigenvalue weighted by Gasteiger charge is -2.15. The average Bonchev–Trinajstić information content (AvgIpc) is 3.42. The summed E-state index contributed by atoms with van der Waals surface area (Å²) in [5, 5.41) is 0. The molecule has 8 aromatic carbocycles. The van der Waals surface area contributed by atoms with Gasteiger partial charge >= 0.3 is 0 Å². The van der Waals surface area contributed by atoms with Crippen LogP contribution in [0.1, 0.15) is 0 Å². The lowest BCUT2D eigenvalue weighted by atomic mass is 9.91. The first-order valence-electron chi connectivity index (χ1n) is 21.8. The molecule has 0 amide bonds. The molecule has 0 saturated carbocycles. The normalized spacial score (nSPS) is 11.0. The minimum Gasteiger partial charge on any atom is -0.264 e. The SMILES string of the molecule is c1ccc(-c2nc(-c3ccccc3)nc(-c3cccc(-c4ccc(-c5cccnc5)c(-c5ccc(-c6nc(-c7ccccc7)nc(-c7ccccc7-c7ccccc7)n6)cc5)c4)c3)n2)cc1. The standard InChI is InChI=1S/C59H39N7/c1-5-17-40(18-6-1)50-28-13-14-29-52(50)59-65-56(44-23-11-4-12-24-44)62-57(66-59)45-32-30-41(31-33-45)53-38-47(34-35-51(53)49-27-16-36-60-39-49)46-25-15-26-48(37-46)58-63-54(42-19-7-2-8-20-42)61-55(64-58)43-21-9-3-10-22-43/h1-39H. The molecule has 7 nitrogen and oxygen atoms in total. The molecule has 0 aliphatic carbocycles. The fourth-order valence-electron chi connectivity index (χ4n) is 8.20. The van der Waals surface area contributed by atoms with E-state index in [1.54, 1.807) is 6.20 Å². The van der Waals surface area contributed by atoms with Gasteiger partial charge in [0.25, 0.3) is 0 Å². The molecular weight excluding hydrogens is 807 g/mol. The second-order valence-corrected chi connectivity index (χ2v) is 15.8. The number of hydrogen-bond acceptors (Lipinski definition) is 7. The molecule has 0 bridgehead atoms. The van der Waals surface area contributed by atoms with Crippen molar-refractivity contribution in [2.75, 3.05) is 0 Å². The summed E-state index contributed by atoms with van der Waals surface area (Å²) in [5.41, 5.74) is 13.9. The van der Waals surface area contributed by atoms with Gasteiger partial charge in [-0.1, -0.05) is 206 Å². The second-order valence-electron chi connectivity index (χ2n) is 15.8. The van der Waals surface area contributed by atoms with Gasteiger partial charge in [-0.15, -0.1) is 0 Å². The van der Waals surface area contributed by atoms with Gasteiger partial charge in [-0.2, -0.15) is 0 Å². The van der Waals surface area contributed by atoms with Gasteiger partial charge in [0.1, 0.15) is 0 Å². The summed E-state index contributed by atoms with van der Waals surface area (Å²) < 4.78 is 0. The van der Waals surface area contributed by atoms with E-state index in [9.17, 15) is 0 Å². The van der Waals surface area contributed by atoms with E-state index < -0.39 is 0 Å². The summed E-state index contributed by atoms with van der Waals surface area (Å²) in [5.74, 6) is 3.67. The first kappa shape index (κ1) is 39.8. The van der Waals surface area contributed by atoms with E-state index >= 15 is 0 Å². The Labute approximate surface area is 383 Å². The molecule has 0 unspecified atom stereocenters. The zero-order valence-electron chi connectivity index (χ0n) is 35.6. The fourth-order valence-corrected chi connectivity index (χ4v) is 8.20. The number of rotatable bonds is 10. The predicted molar refractivity (Wildman–Crippen MR) is 265 cm³/mol. The van der Waals surface area contributed by atoms with Gasteiger partial charge in [-0.25, -0.2) is 29.9 Å². The Kier molecular flexibility index (Phi) is 10.8. The molecule has 3 heterocycles. The molecule has 0 radical (unpaired) electrons. The Bertz CT molecular complexity index is 3380. The molecule has 0 aliphatic rings. The summed E-state index contributed by atoms with van der Waals surface area (Å²) >= 11 is 0. The number of nitrogens with zero attached hydrogens (tertiary/aromatic N) is 7. The van der Waals surface area contributed by atoms with Gasteiger partial charge in [0.05, 0.1) is 0 Å². The third kappa shape index (κ3) is 8.28. The first-order valence-corrected chi connectivity index (χ1v) is 21.8. The van der Waals surface area contributed by atoms with E-state index in [4.69, 9.17) is 29.9 Å². The van der Waals surface area contributed by atoms with E-state index in [1.807, 2.05) is 115 Å². The highest BCUT2D eigenvalue weighted by molar-refractivity contribution is 5.88. The number of benzene rings is 8. The van der Waals surface area contributed by atoms with Gasteiger partial charge < -0.3 is 0 Å². The number of aromatic nitrogens is 7. The summed E-state index contributed by atoms with van der Waals surface area (Å²) in [7, 11) is 0. The van der Waals surface area contributed by atoms with Gasteiger partial charge in [-0.05, 0) is 57.1 Å². The summed E-state index contributed by atoms with van der Waals surface area (Å²) in [6, 6.07) is 76.4. The summed E-state index contributed by atoms with van der Waals surface area (Å²) in [4.78, 5) is 34.7. The Morgan fingerprint density at radius 1 is 0.197 bits per heavy atom. The topological polar surface area (TPSA) is 90.2 Å². The maximum absolute atomic E-state index is 5.14. The molecule has 0 aliphatic heterocycles. The highest BCUT2D eigenvalue weighted by Gasteiger charge is 2.18. The van der Waals surface area contributed by atoms with Crippen molar-refractivity contribution in [1.82, 2.24) is 34.9 Å². The molecule has 0 saturated heterocycles. The summed E-state index contributed by atoms with van der Waals surface area (Å²) in [6.07, 6.45) is 3.71. The van der Waals surface area contributed by atoms with Crippen LogP contribution in [-0.2, 0) is 0 Å². The van der Waals surface area contributed by atoms with Gasteiger partial charge in [0, 0.05) is 51.3 Å². The quantitative estimate of drug-likeness (QED) is 0.135. The van der Waals surface area contributed by atoms with E-state index in [-0.39, 0.29) is 0 Å². The maximum Gasteiger partial charge on any atom is 0.164 e. The average molecular weight is 846 g/mol. The van der Waals surface area contributed by atoms with E-state index in [1.165, 1.54) is 0 Å². The van der Waals surface area contributed by atoms with Gasteiger partial charge in [-0.3, -0.25) is 4.98 Å². The van der Waals surface area contributed by atoms with Crippen LogP contribution in [0.3, 0.4) is 0 Å². The minimum absolute atomic E-state index is 0.593. The molecule has 3 aromatic heterocycles. The van der Waals surface area contributed by atoms with E-state index in [0.29, 0.717) is 34.9 Å². The van der Waals surface area contributed by atoms with Crippen molar-refractivity contribution in [3.05, 3.63) is 237 Å². The minimum atomic E-state index is 0.593. The fraction of sp³-hybridized carbons (Fsp3) is 0. The van der Waals surface area contributed by atoms with Crippen molar-refractivity contribution in [3.8, 4) is 113 Å². The summed E-state index contributed by atoms with van der Waals surface area (Å²) in [6.45, 7) is 0. The molecule has 310 valence electrons. The Balaban J connectivity index is 0.994. The molecule has 0 fully saturated rings. The largest absolute Gasteiger partial charge is 0.264 e. The highest BCUT2D eigenvalue weighted by Crippen LogP contribution is 2.38. The van der Waals surface area contributed by atoms with Crippen LogP contribution in [0.15, 0.2) is 237 Å². The van der Waals surface area contributed by atoms with Crippen molar-refractivity contribution in [3.63, 3.8) is 0 Å². The molecule has 0 spiro atoms. The Morgan fingerprint density at radius 2 is 0.561 bits per heavy atom. The first-order chi connectivity index (χ1) is 32.7. The molecule has 0 atom stereocenters. The van der Waals surface area contributed by atoms with E-state index in [0.717, 1.165) is 77.9 Å². The molecule has 11 aromatic rings. The third-order valence-corrected chi connectivity index (χ3v) is 11.5. The molecular formula is C59H39N7. The van der Waals surface area contributed by atoms with Crippen LogP contribution in [0.2, 0.25) is 0 Å². The predicted octanol–water partition coefficient (Wildman–Crippen LogP) is 14.1. The van der Waals surface area contributed by atoms with Crippen LogP contribution in [0, 0.1) is 0 Å². The third-order valence-electron chi connectivity index (χ3n) is 11.5. The van der Waals surface area contributed by atoms with Crippen LogP contribution in [0.5, 0.6) is 0 Å². The van der Waals surface area contributed by atoms with Gasteiger partial charge in [0.15, 0.2) is 34.9 Å². The molecule has 0 N–H and O–H groups in total. The van der Waals surface area contributed by atoms with E-state index in [2.05, 4.69) is 120 Å². The van der Waals surface area contributed by atoms with Crippen molar-refractivity contribution < 1.29 is 0 Å². The molecule has 11 rings (SSSR count). The number of pyridine rings is 1. The van der Waals surface area contributed by atoms with Crippen molar-refractivity contribution in [1.29, 1.82) is 0 Å². The maximum atomic E-state index is 5.14. The molecule has 66 heavy (non-hydrogen) atoms. The van der Waals surface area contributed by atoms with Crippen LogP contribution in [0.25, 0.3) is 113 Å². The lowest BCUT2D eigenvalue weighted by molar-refractivity contribution is 1.07. The Hall–Kier alpha value is -9.07. The second kappa shape index (κ2) is 18.0. The smallest absolute Gasteiger partial charge is 0.164 e. The zero-order chi connectivity index (χ0) is 44.1.